The molecule has 2 nitrogen and oxygen atoms in total. The van der Waals surface area contributed by atoms with Crippen LogP contribution in [0.1, 0.15) is 0 Å². The summed E-state index contributed by atoms with van der Waals surface area (Å²) in [5, 5.41) is 3.55. The zero-order chi connectivity index (χ0) is 33.3. The van der Waals surface area contributed by atoms with Crippen molar-refractivity contribution in [3.63, 3.8) is 0 Å². The molecular weight excluding hydrogens is 607 g/mol. The van der Waals surface area contributed by atoms with Gasteiger partial charge in [0, 0.05) is 28.0 Å². The minimum Gasteiger partial charge on any atom is -0.456 e. The first-order valence-electron chi connectivity index (χ1n) is 17.0. The number of hydrogen-bond donors (Lipinski definition) is 0. The maximum atomic E-state index is 6.18. The fraction of sp³-hybridized carbons (Fsp3) is 0. The number of anilines is 3. The highest BCUT2D eigenvalue weighted by Gasteiger charge is 2.15. The maximum absolute atomic E-state index is 6.18. The standard InChI is InChI=1S/C48H33NO/c1-2-10-34(11-3-1)38-15-8-16-39(30-38)36-20-25-44(26-21-36)49(46-29-24-35-12-4-5-13-41(35)32-46)45-27-22-37(23-28-45)40-17-9-18-42(31-40)48-33-43-14-6-7-19-47(43)50-48/h1-33H. The van der Waals surface area contributed by atoms with E-state index in [9.17, 15) is 0 Å². The Morgan fingerprint density at radius 3 is 1.40 bits per heavy atom. The van der Waals surface area contributed by atoms with E-state index in [-0.39, 0.29) is 0 Å². The van der Waals surface area contributed by atoms with Crippen LogP contribution in [0.4, 0.5) is 17.1 Å². The summed E-state index contributed by atoms with van der Waals surface area (Å²) >= 11 is 0. The molecule has 0 N–H and O–H groups in total. The molecule has 0 amide bonds. The van der Waals surface area contributed by atoms with E-state index in [1.165, 1.54) is 33.0 Å². The Hall–Kier alpha value is -6.64. The van der Waals surface area contributed by atoms with Gasteiger partial charge in [0.05, 0.1) is 0 Å². The van der Waals surface area contributed by atoms with Crippen LogP contribution in [0.2, 0.25) is 0 Å². The quantitative estimate of drug-likeness (QED) is 0.173. The van der Waals surface area contributed by atoms with E-state index < -0.39 is 0 Å². The number of furan rings is 1. The lowest BCUT2D eigenvalue weighted by Gasteiger charge is -2.26. The molecule has 0 aliphatic carbocycles. The molecule has 0 aliphatic rings. The van der Waals surface area contributed by atoms with E-state index in [0.29, 0.717) is 0 Å². The van der Waals surface area contributed by atoms with Crippen LogP contribution in [0.15, 0.2) is 205 Å². The van der Waals surface area contributed by atoms with Crippen LogP contribution in [0.25, 0.3) is 66.4 Å². The summed E-state index contributed by atoms with van der Waals surface area (Å²) in [5.74, 6) is 0.877. The van der Waals surface area contributed by atoms with Crippen molar-refractivity contribution >= 4 is 38.8 Å². The van der Waals surface area contributed by atoms with Crippen molar-refractivity contribution < 1.29 is 4.42 Å². The van der Waals surface area contributed by atoms with Gasteiger partial charge in [-0.2, -0.15) is 0 Å². The van der Waals surface area contributed by atoms with Crippen LogP contribution in [0.3, 0.4) is 0 Å². The third-order valence-corrected chi connectivity index (χ3v) is 9.45. The van der Waals surface area contributed by atoms with Gasteiger partial charge in [-0.15, -0.1) is 0 Å². The summed E-state index contributed by atoms with van der Waals surface area (Å²) in [7, 11) is 0. The van der Waals surface area contributed by atoms with Crippen molar-refractivity contribution in [3.05, 3.63) is 200 Å². The summed E-state index contributed by atoms with van der Waals surface area (Å²) < 4.78 is 6.18. The van der Waals surface area contributed by atoms with Crippen LogP contribution in [-0.4, -0.2) is 0 Å². The largest absolute Gasteiger partial charge is 0.456 e. The van der Waals surface area contributed by atoms with Crippen LogP contribution >= 0.6 is 0 Å². The van der Waals surface area contributed by atoms with E-state index in [2.05, 4.69) is 187 Å². The summed E-state index contributed by atoms with van der Waals surface area (Å²) in [6.07, 6.45) is 0. The van der Waals surface area contributed by atoms with Crippen LogP contribution < -0.4 is 4.90 Å². The number of nitrogens with zero attached hydrogens (tertiary/aromatic N) is 1. The van der Waals surface area contributed by atoms with Gasteiger partial charge in [0.15, 0.2) is 0 Å². The summed E-state index contributed by atoms with van der Waals surface area (Å²) in [6.45, 7) is 0. The molecule has 0 spiro atoms. The second kappa shape index (κ2) is 12.8. The van der Waals surface area contributed by atoms with Gasteiger partial charge in [-0.25, -0.2) is 0 Å². The molecule has 50 heavy (non-hydrogen) atoms. The predicted octanol–water partition coefficient (Wildman–Crippen LogP) is 13.7. The number of fused-ring (bicyclic) bond motifs is 2. The summed E-state index contributed by atoms with van der Waals surface area (Å²) in [5.41, 5.74) is 12.4. The Bertz CT molecular complexity index is 2550. The minimum absolute atomic E-state index is 0.877. The molecule has 9 rings (SSSR count). The smallest absolute Gasteiger partial charge is 0.135 e. The van der Waals surface area contributed by atoms with Crippen molar-refractivity contribution in [1.29, 1.82) is 0 Å². The molecule has 0 unspecified atom stereocenters. The average molecular weight is 640 g/mol. The Balaban J connectivity index is 1.07. The molecule has 0 fully saturated rings. The molecule has 0 saturated carbocycles. The molecule has 0 radical (unpaired) electrons. The zero-order valence-electron chi connectivity index (χ0n) is 27.4. The third-order valence-electron chi connectivity index (χ3n) is 9.45. The Labute approximate surface area is 292 Å². The highest BCUT2D eigenvalue weighted by atomic mass is 16.3. The normalized spacial score (nSPS) is 11.2. The van der Waals surface area contributed by atoms with Gasteiger partial charge < -0.3 is 9.32 Å². The molecule has 1 heterocycles. The lowest BCUT2D eigenvalue weighted by atomic mass is 9.98. The SMILES string of the molecule is c1ccc(-c2cccc(-c3ccc(N(c4ccc(-c5cccc(-c6cc7ccccc7o6)c5)cc4)c4ccc5ccccc5c4)cc3)c2)cc1. The monoisotopic (exact) mass is 639 g/mol. The van der Waals surface area contributed by atoms with Crippen LogP contribution in [-0.2, 0) is 0 Å². The van der Waals surface area contributed by atoms with E-state index in [1.54, 1.807) is 0 Å². The second-order valence-corrected chi connectivity index (χ2v) is 12.6. The molecule has 9 aromatic rings. The van der Waals surface area contributed by atoms with Gasteiger partial charge >= 0.3 is 0 Å². The van der Waals surface area contributed by atoms with E-state index in [1.807, 2.05) is 18.2 Å². The summed E-state index contributed by atoms with van der Waals surface area (Å²) in [4.78, 5) is 2.34. The molecular formula is C48H33NO. The predicted molar refractivity (Wildman–Crippen MR) is 210 cm³/mol. The van der Waals surface area contributed by atoms with Gasteiger partial charge in [0.25, 0.3) is 0 Å². The van der Waals surface area contributed by atoms with E-state index in [0.717, 1.165) is 50.5 Å². The van der Waals surface area contributed by atoms with Gasteiger partial charge in [0.1, 0.15) is 11.3 Å². The Morgan fingerprint density at radius 2 is 0.760 bits per heavy atom. The zero-order valence-corrected chi connectivity index (χ0v) is 27.4. The summed E-state index contributed by atoms with van der Waals surface area (Å²) in [6, 6.07) is 71.2. The lowest BCUT2D eigenvalue weighted by Crippen LogP contribution is -2.09. The minimum atomic E-state index is 0.877. The first kappa shape index (κ1) is 29.5. The number of para-hydroxylation sites is 1. The Kier molecular flexibility index (Phi) is 7.53. The van der Waals surface area contributed by atoms with Crippen LogP contribution in [0.5, 0.6) is 0 Å². The fourth-order valence-electron chi connectivity index (χ4n) is 6.85. The first-order valence-corrected chi connectivity index (χ1v) is 17.0. The lowest BCUT2D eigenvalue weighted by molar-refractivity contribution is 0.631. The van der Waals surface area contributed by atoms with Gasteiger partial charge in [-0.3, -0.25) is 0 Å². The van der Waals surface area contributed by atoms with E-state index in [4.69, 9.17) is 4.42 Å². The van der Waals surface area contributed by atoms with Crippen LogP contribution in [0, 0.1) is 0 Å². The third kappa shape index (κ3) is 5.74. The van der Waals surface area contributed by atoms with Crippen molar-refractivity contribution in [3.8, 4) is 44.7 Å². The highest BCUT2D eigenvalue weighted by Crippen LogP contribution is 2.39. The van der Waals surface area contributed by atoms with Gasteiger partial charge in [-0.05, 0) is 105 Å². The molecule has 0 atom stereocenters. The molecule has 8 aromatic carbocycles. The van der Waals surface area contributed by atoms with Crippen molar-refractivity contribution in [2.75, 3.05) is 4.90 Å². The maximum Gasteiger partial charge on any atom is 0.135 e. The van der Waals surface area contributed by atoms with Crippen molar-refractivity contribution in [1.82, 2.24) is 0 Å². The number of benzene rings is 8. The fourth-order valence-corrected chi connectivity index (χ4v) is 6.85. The molecule has 0 aliphatic heterocycles. The number of rotatable bonds is 7. The molecule has 0 bridgehead atoms. The number of hydrogen-bond acceptors (Lipinski definition) is 2. The van der Waals surface area contributed by atoms with E-state index >= 15 is 0 Å². The van der Waals surface area contributed by atoms with Crippen molar-refractivity contribution in [2.45, 2.75) is 0 Å². The average Bonchev–Trinajstić information content (AvgIpc) is 3.64. The second-order valence-electron chi connectivity index (χ2n) is 12.6. The van der Waals surface area contributed by atoms with Gasteiger partial charge in [-0.1, -0.05) is 140 Å². The molecule has 236 valence electrons. The Morgan fingerprint density at radius 1 is 0.280 bits per heavy atom. The molecule has 2 heteroatoms. The molecule has 1 aromatic heterocycles. The van der Waals surface area contributed by atoms with Crippen molar-refractivity contribution in [2.24, 2.45) is 0 Å². The highest BCUT2D eigenvalue weighted by molar-refractivity contribution is 5.90. The topological polar surface area (TPSA) is 16.4 Å². The van der Waals surface area contributed by atoms with Gasteiger partial charge in [0.2, 0.25) is 0 Å². The molecule has 0 saturated heterocycles. The first-order chi connectivity index (χ1) is 24.7.